The minimum absolute atomic E-state index is 0.0272. The number of nitrogens with one attached hydrogen (secondary N) is 1. The van der Waals surface area contributed by atoms with Crippen LogP contribution in [0.15, 0.2) is 35.3 Å². The number of pyridine rings is 1. The van der Waals surface area contributed by atoms with E-state index in [4.69, 9.17) is 0 Å². The van der Waals surface area contributed by atoms with Crippen molar-refractivity contribution in [2.75, 3.05) is 0 Å². The van der Waals surface area contributed by atoms with Gasteiger partial charge in [-0.1, -0.05) is 12.1 Å². The van der Waals surface area contributed by atoms with Gasteiger partial charge in [0.1, 0.15) is 5.52 Å². The minimum Gasteiger partial charge on any atom is -0.352 e. The average molecular weight is 199 g/mol. The van der Waals surface area contributed by atoms with E-state index in [0.717, 1.165) is 11.0 Å². The van der Waals surface area contributed by atoms with Gasteiger partial charge < -0.3 is 4.98 Å². The van der Waals surface area contributed by atoms with Gasteiger partial charge in [-0.05, 0) is 12.1 Å². The standard InChI is InChI=1S/C11H9N3O/c1-14-10-9(6-12-14)13-8-5-3-2-4-7(8)11(10)15/h2-6H,1H3,(H,13,15). The Morgan fingerprint density at radius 1 is 1.27 bits per heavy atom. The Kier molecular flexibility index (Phi) is 1.48. The molecule has 0 aliphatic carbocycles. The van der Waals surface area contributed by atoms with E-state index >= 15 is 0 Å². The van der Waals surface area contributed by atoms with Crippen molar-refractivity contribution < 1.29 is 0 Å². The molecule has 0 saturated heterocycles. The van der Waals surface area contributed by atoms with Crippen LogP contribution in [0.3, 0.4) is 0 Å². The van der Waals surface area contributed by atoms with Crippen LogP contribution < -0.4 is 5.43 Å². The van der Waals surface area contributed by atoms with Crippen molar-refractivity contribution in [3.05, 3.63) is 40.7 Å². The summed E-state index contributed by atoms with van der Waals surface area (Å²) in [7, 11) is 1.77. The van der Waals surface area contributed by atoms with Gasteiger partial charge in [0.15, 0.2) is 0 Å². The fourth-order valence-electron chi connectivity index (χ4n) is 1.86. The maximum atomic E-state index is 12.1. The average Bonchev–Trinajstić information content (AvgIpc) is 2.61. The van der Waals surface area contributed by atoms with Crippen LogP contribution in [-0.4, -0.2) is 14.8 Å². The molecule has 3 aromatic rings. The molecule has 0 aliphatic heterocycles. The van der Waals surface area contributed by atoms with Gasteiger partial charge in [-0.3, -0.25) is 9.48 Å². The molecule has 0 amide bonds. The van der Waals surface area contributed by atoms with Crippen molar-refractivity contribution >= 4 is 21.9 Å². The second-order valence-electron chi connectivity index (χ2n) is 3.53. The summed E-state index contributed by atoms with van der Waals surface area (Å²) in [4.78, 5) is 15.3. The van der Waals surface area contributed by atoms with E-state index in [2.05, 4.69) is 10.1 Å². The largest absolute Gasteiger partial charge is 0.352 e. The lowest BCUT2D eigenvalue weighted by atomic mass is 10.2. The number of H-pyrrole nitrogens is 1. The smallest absolute Gasteiger partial charge is 0.215 e. The molecule has 0 atom stereocenters. The maximum absolute atomic E-state index is 12.1. The topological polar surface area (TPSA) is 50.7 Å². The number of aromatic amines is 1. The molecular formula is C11H9N3O. The summed E-state index contributed by atoms with van der Waals surface area (Å²) in [6, 6.07) is 7.48. The first-order valence-electron chi connectivity index (χ1n) is 4.70. The fourth-order valence-corrected chi connectivity index (χ4v) is 1.86. The summed E-state index contributed by atoms with van der Waals surface area (Å²) < 4.78 is 1.60. The third-order valence-electron chi connectivity index (χ3n) is 2.59. The Balaban J connectivity index is 2.69. The molecule has 2 heterocycles. The highest BCUT2D eigenvalue weighted by Crippen LogP contribution is 2.12. The Bertz CT molecular complexity index is 708. The monoisotopic (exact) mass is 199 g/mol. The van der Waals surface area contributed by atoms with E-state index in [1.807, 2.05) is 24.3 Å². The zero-order valence-corrected chi connectivity index (χ0v) is 8.19. The number of benzene rings is 1. The van der Waals surface area contributed by atoms with Crippen molar-refractivity contribution in [2.45, 2.75) is 0 Å². The predicted octanol–water partition coefficient (Wildman–Crippen LogP) is 1.41. The highest BCUT2D eigenvalue weighted by atomic mass is 16.1. The molecule has 15 heavy (non-hydrogen) atoms. The van der Waals surface area contributed by atoms with Gasteiger partial charge in [0.25, 0.3) is 0 Å². The lowest BCUT2D eigenvalue weighted by molar-refractivity contribution is 0.795. The summed E-state index contributed by atoms with van der Waals surface area (Å²) in [6.07, 6.45) is 1.67. The van der Waals surface area contributed by atoms with Gasteiger partial charge in [0, 0.05) is 18.0 Å². The van der Waals surface area contributed by atoms with E-state index in [0.29, 0.717) is 10.9 Å². The lowest BCUT2D eigenvalue weighted by Gasteiger charge is -1.98. The highest BCUT2D eigenvalue weighted by molar-refractivity contribution is 5.90. The van der Waals surface area contributed by atoms with Gasteiger partial charge in [0.05, 0.1) is 11.7 Å². The van der Waals surface area contributed by atoms with Crippen LogP contribution in [0.2, 0.25) is 0 Å². The molecule has 4 nitrogen and oxygen atoms in total. The molecule has 0 fully saturated rings. The Labute approximate surface area is 85.1 Å². The number of aromatic nitrogens is 3. The first-order chi connectivity index (χ1) is 7.27. The quantitative estimate of drug-likeness (QED) is 0.595. The molecule has 0 saturated carbocycles. The number of hydrogen-bond donors (Lipinski definition) is 1. The molecule has 1 N–H and O–H groups in total. The van der Waals surface area contributed by atoms with Crippen LogP contribution in [0.25, 0.3) is 21.9 Å². The van der Waals surface area contributed by atoms with Crippen molar-refractivity contribution in [3.8, 4) is 0 Å². The summed E-state index contributed by atoms with van der Waals surface area (Å²) in [5.41, 5.74) is 2.28. The van der Waals surface area contributed by atoms with Crippen molar-refractivity contribution in [2.24, 2.45) is 7.05 Å². The molecule has 1 aromatic carbocycles. The van der Waals surface area contributed by atoms with Crippen molar-refractivity contribution in [3.63, 3.8) is 0 Å². The molecule has 4 heteroatoms. The lowest BCUT2D eigenvalue weighted by Crippen LogP contribution is -2.07. The first-order valence-corrected chi connectivity index (χ1v) is 4.70. The van der Waals surface area contributed by atoms with E-state index in [9.17, 15) is 4.79 Å². The van der Waals surface area contributed by atoms with Crippen LogP contribution in [0.4, 0.5) is 0 Å². The van der Waals surface area contributed by atoms with Gasteiger partial charge in [-0.15, -0.1) is 0 Å². The zero-order valence-electron chi connectivity index (χ0n) is 8.19. The van der Waals surface area contributed by atoms with Crippen molar-refractivity contribution in [1.29, 1.82) is 0 Å². The second-order valence-corrected chi connectivity index (χ2v) is 3.53. The summed E-state index contributed by atoms with van der Waals surface area (Å²) in [5.74, 6) is 0. The molecule has 0 spiro atoms. The molecule has 74 valence electrons. The molecule has 3 rings (SSSR count). The number of para-hydroxylation sites is 1. The molecule has 0 unspecified atom stereocenters. The Morgan fingerprint density at radius 3 is 2.93 bits per heavy atom. The van der Waals surface area contributed by atoms with E-state index in [1.165, 1.54) is 0 Å². The third kappa shape index (κ3) is 1.01. The summed E-state index contributed by atoms with van der Waals surface area (Å²) in [5, 5.41) is 4.77. The second kappa shape index (κ2) is 2.70. The molecule has 0 aliphatic rings. The molecule has 2 aromatic heterocycles. The van der Waals surface area contributed by atoms with Gasteiger partial charge in [-0.25, -0.2) is 0 Å². The fraction of sp³-hybridized carbons (Fsp3) is 0.0909. The minimum atomic E-state index is 0.0272. The molecule has 0 bridgehead atoms. The normalized spacial score (nSPS) is 11.3. The third-order valence-corrected chi connectivity index (χ3v) is 2.59. The van der Waals surface area contributed by atoms with E-state index in [-0.39, 0.29) is 5.43 Å². The van der Waals surface area contributed by atoms with Crippen LogP contribution in [0.5, 0.6) is 0 Å². The van der Waals surface area contributed by atoms with E-state index in [1.54, 1.807) is 17.9 Å². The maximum Gasteiger partial charge on any atom is 0.215 e. The number of nitrogens with zero attached hydrogens (tertiary/aromatic N) is 2. The highest BCUT2D eigenvalue weighted by Gasteiger charge is 2.07. The number of fused-ring (bicyclic) bond motifs is 2. The van der Waals surface area contributed by atoms with Crippen molar-refractivity contribution in [1.82, 2.24) is 14.8 Å². The first kappa shape index (κ1) is 8.23. The van der Waals surface area contributed by atoms with Crippen LogP contribution in [-0.2, 0) is 7.05 Å². The SMILES string of the molecule is Cn1ncc2[nH]c3ccccc3c(=O)c21. The summed E-state index contributed by atoms with van der Waals surface area (Å²) >= 11 is 0. The van der Waals surface area contributed by atoms with E-state index < -0.39 is 0 Å². The number of hydrogen-bond acceptors (Lipinski definition) is 2. The van der Waals surface area contributed by atoms with Crippen LogP contribution in [0.1, 0.15) is 0 Å². The molecular weight excluding hydrogens is 190 g/mol. The van der Waals surface area contributed by atoms with Gasteiger partial charge in [0.2, 0.25) is 5.43 Å². The molecule has 0 radical (unpaired) electrons. The number of rotatable bonds is 0. The Hall–Kier alpha value is -2.10. The zero-order chi connectivity index (χ0) is 10.4. The predicted molar refractivity (Wildman–Crippen MR) is 58.8 cm³/mol. The Morgan fingerprint density at radius 2 is 2.07 bits per heavy atom. The van der Waals surface area contributed by atoms with Crippen LogP contribution >= 0.6 is 0 Å². The van der Waals surface area contributed by atoms with Gasteiger partial charge >= 0.3 is 0 Å². The number of aryl methyl sites for hydroxylation is 1. The van der Waals surface area contributed by atoms with Crippen LogP contribution in [0, 0.1) is 0 Å². The van der Waals surface area contributed by atoms with Gasteiger partial charge in [-0.2, -0.15) is 5.10 Å². The summed E-state index contributed by atoms with van der Waals surface area (Å²) in [6.45, 7) is 0.